The first-order valence-corrected chi connectivity index (χ1v) is 9.73. The molecule has 1 aliphatic heterocycles. The Morgan fingerprint density at radius 3 is 2.44 bits per heavy atom. The molecule has 0 N–H and O–H groups in total. The van der Waals surface area contributed by atoms with Crippen molar-refractivity contribution in [1.29, 1.82) is 0 Å². The quantitative estimate of drug-likeness (QED) is 0.727. The van der Waals surface area contributed by atoms with Crippen LogP contribution in [0.3, 0.4) is 0 Å². The lowest BCUT2D eigenvalue weighted by atomic mass is 9.96. The van der Waals surface area contributed by atoms with Gasteiger partial charge in [-0.3, -0.25) is 9.59 Å². The number of hydrogen-bond donors (Lipinski definition) is 0. The first-order valence-electron chi connectivity index (χ1n) is 9.73. The SMILES string of the molecule is CCOC(=O)C1CCN(C(=O)C(CC)Oc2ccc3ccccc3c2)CC1. The molecule has 2 aromatic carbocycles. The Labute approximate surface area is 160 Å². The summed E-state index contributed by atoms with van der Waals surface area (Å²) in [4.78, 5) is 26.6. The summed E-state index contributed by atoms with van der Waals surface area (Å²) in [6.45, 7) is 5.30. The van der Waals surface area contributed by atoms with Crippen molar-refractivity contribution in [3.8, 4) is 5.75 Å². The van der Waals surface area contributed by atoms with Crippen LogP contribution in [0.2, 0.25) is 0 Å². The summed E-state index contributed by atoms with van der Waals surface area (Å²) in [5.41, 5.74) is 0. The van der Waals surface area contributed by atoms with Crippen LogP contribution in [0, 0.1) is 5.92 Å². The van der Waals surface area contributed by atoms with Crippen molar-refractivity contribution in [3.05, 3.63) is 42.5 Å². The summed E-state index contributed by atoms with van der Waals surface area (Å²) in [7, 11) is 0. The van der Waals surface area contributed by atoms with Crippen LogP contribution < -0.4 is 4.74 Å². The Kier molecular flexibility index (Phi) is 6.32. The standard InChI is InChI=1S/C22H27NO4/c1-3-20(27-19-10-9-16-7-5-6-8-18(16)15-19)21(24)23-13-11-17(12-14-23)22(25)26-4-2/h5-10,15,17,20H,3-4,11-14H2,1-2H3. The van der Waals surface area contributed by atoms with Crippen molar-refractivity contribution in [1.82, 2.24) is 4.90 Å². The topological polar surface area (TPSA) is 55.8 Å². The van der Waals surface area contributed by atoms with Crippen LogP contribution in [0.25, 0.3) is 10.8 Å². The average Bonchev–Trinajstić information content (AvgIpc) is 2.71. The highest BCUT2D eigenvalue weighted by Gasteiger charge is 2.31. The second kappa shape index (κ2) is 8.89. The van der Waals surface area contributed by atoms with Gasteiger partial charge in [0.15, 0.2) is 6.10 Å². The molecule has 2 aromatic rings. The number of ether oxygens (including phenoxy) is 2. The first kappa shape index (κ1) is 19.2. The lowest BCUT2D eigenvalue weighted by Gasteiger charge is -2.33. The van der Waals surface area contributed by atoms with Gasteiger partial charge in [-0.2, -0.15) is 0 Å². The van der Waals surface area contributed by atoms with E-state index in [-0.39, 0.29) is 17.8 Å². The smallest absolute Gasteiger partial charge is 0.309 e. The molecular weight excluding hydrogens is 342 g/mol. The van der Waals surface area contributed by atoms with Gasteiger partial charge < -0.3 is 14.4 Å². The first-order chi connectivity index (χ1) is 13.1. The van der Waals surface area contributed by atoms with Gasteiger partial charge in [0.1, 0.15) is 5.75 Å². The molecule has 144 valence electrons. The third kappa shape index (κ3) is 4.59. The monoisotopic (exact) mass is 369 g/mol. The van der Waals surface area contributed by atoms with E-state index in [1.165, 1.54) is 0 Å². The number of hydrogen-bond acceptors (Lipinski definition) is 4. The van der Waals surface area contributed by atoms with Crippen molar-refractivity contribution in [2.45, 2.75) is 39.2 Å². The molecule has 1 aliphatic rings. The Balaban J connectivity index is 1.61. The van der Waals surface area contributed by atoms with Crippen LogP contribution in [0.4, 0.5) is 0 Å². The van der Waals surface area contributed by atoms with E-state index in [0.29, 0.717) is 44.7 Å². The summed E-state index contributed by atoms with van der Waals surface area (Å²) >= 11 is 0. The molecule has 1 amide bonds. The van der Waals surface area contributed by atoms with Crippen LogP contribution >= 0.6 is 0 Å². The molecule has 0 spiro atoms. The van der Waals surface area contributed by atoms with Crippen molar-refractivity contribution in [3.63, 3.8) is 0 Å². The predicted molar refractivity (Wildman–Crippen MR) is 105 cm³/mol. The summed E-state index contributed by atoms with van der Waals surface area (Å²) in [6.07, 6.45) is 1.39. The van der Waals surface area contributed by atoms with Gasteiger partial charge in [-0.05, 0) is 49.1 Å². The zero-order chi connectivity index (χ0) is 19.2. The molecule has 3 rings (SSSR count). The maximum Gasteiger partial charge on any atom is 0.309 e. The van der Waals surface area contributed by atoms with Gasteiger partial charge in [0.05, 0.1) is 12.5 Å². The Hall–Kier alpha value is -2.56. The number of amides is 1. The largest absolute Gasteiger partial charge is 0.481 e. The number of esters is 1. The van der Waals surface area contributed by atoms with Crippen LogP contribution in [-0.4, -0.2) is 42.6 Å². The highest BCUT2D eigenvalue weighted by atomic mass is 16.5. The Morgan fingerprint density at radius 1 is 1.07 bits per heavy atom. The molecule has 0 radical (unpaired) electrons. The second-order valence-corrected chi connectivity index (χ2v) is 6.88. The highest BCUT2D eigenvalue weighted by Crippen LogP contribution is 2.24. The molecule has 0 bridgehead atoms. The fourth-order valence-corrected chi connectivity index (χ4v) is 3.51. The van der Waals surface area contributed by atoms with Gasteiger partial charge in [0.2, 0.25) is 0 Å². The van der Waals surface area contributed by atoms with E-state index in [9.17, 15) is 9.59 Å². The molecule has 1 fully saturated rings. The van der Waals surface area contributed by atoms with E-state index in [0.717, 1.165) is 10.8 Å². The molecular formula is C22H27NO4. The van der Waals surface area contributed by atoms with E-state index in [1.807, 2.05) is 55.1 Å². The maximum absolute atomic E-state index is 12.9. The molecule has 1 atom stereocenters. The van der Waals surface area contributed by atoms with Crippen LogP contribution in [0.15, 0.2) is 42.5 Å². The fraction of sp³-hybridized carbons (Fsp3) is 0.455. The zero-order valence-corrected chi connectivity index (χ0v) is 16.0. The molecule has 0 aromatic heterocycles. The molecule has 0 aliphatic carbocycles. The second-order valence-electron chi connectivity index (χ2n) is 6.88. The number of rotatable bonds is 6. The van der Waals surface area contributed by atoms with Gasteiger partial charge in [0, 0.05) is 13.1 Å². The van der Waals surface area contributed by atoms with Crippen LogP contribution in [-0.2, 0) is 14.3 Å². The minimum atomic E-state index is -0.509. The minimum absolute atomic E-state index is 0.00651. The van der Waals surface area contributed by atoms with E-state index in [4.69, 9.17) is 9.47 Å². The molecule has 1 unspecified atom stereocenters. The number of piperidine rings is 1. The van der Waals surface area contributed by atoms with Gasteiger partial charge in [-0.1, -0.05) is 37.3 Å². The van der Waals surface area contributed by atoms with Gasteiger partial charge in [0.25, 0.3) is 5.91 Å². The minimum Gasteiger partial charge on any atom is -0.481 e. The van der Waals surface area contributed by atoms with Crippen molar-refractivity contribution >= 4 is 22.6 Å². The third-order valence-corrected chi connectivity index (χ3v) is 5.07. The van der Waals surface area contributed by atoms with Gasteiger partial charge in [-0.15, -0.1) is 0 Å². The summed E-state index contributed by atoms with van der Waals surface area (Å²) in [5, 5.41) is 2.23. The lowest BCUT2D eigenvalue weighted by Crippen LogP contribution is -2.46. The molecule has 5 heteroatoms. The van der Waals surface area contributed by atoms with E-state index in [2.05, 4.69) is 6.07 Å². The summed E-state index contributed by atoms with van der Waals surface area (Å²) < 4.78 is 11.1. The third-order valence-electron chi connectivity index (χ3n) is 5.07. The van der Waals surface area contributed by atoms with E-state index < -0.39 is 6.10 Å². The molecule has 5 nitrogen and oxygen atoms in total. The van der Waals surface area contributed by atoms with Crippen molar-refractivity contribution in [2.75, 3.05) is 19.7 Å². The van der Waals surface area contributed by atoms with Gasteiger partial charge >= 0.3 is 5.97 Å². The number of likely N-dealkylation sites (tertiary alicyclic amines) is 1. The van der Waals surface area contributed by atoms with Crippen LogP contribution in [0.5, 0.6) is 5.75 Å². The molecule has 1 heterocycles. The van der Waals surface area contributed by atoms with E-state index in [1.54, 1.807) is 0 Å². The average molecular weight is 369 g/mol. The number of fused-ring (bicyclic) bond motifs is 1. The Bertz CT molecular complexity index is 796. The predicted octanol–water partition coefficient (Wildman–Crippen LogP) is 3.80. The summed E-state index contributed by atoms with van der Waals surface area (Å²) in [6, 6.07) is 14.0. The Morgan fingerprint density at radius 2 is 1.78 bits per heavy atom. The summed E-state index contributed by atoms with van der Waals surface area (Å²) in [5.74, 6) is 0.447. The van der Waals surface area contributed by atoms with Crippen molar-refractivity contribution in [2.24, 2.45) is 5.92 Å². The van der Waals surface area contributed by atoms with E-state index >= 15 is 0 Å². The normalized spacial score (nSPS) is 16.1. The zero-order valence-electron chi connectivity index (χ0n) is 16.0. The fourth-order valence-electron chi connectivity index (χ4n) is 3.51. The maximum atomic E-state index is 12.9. The van der Waals surface area contributed by atoms with Gasteiger partial charge in [-0.25, -0.2) is 0 Å². The number of carbonyl (C=O) groups is 2. The molecule has 1 saturated heterocycles. The number of carbonyl (C=O) groups excluding carboxylic acids is 2. The highest BCUT2D eigenvalue weighted by molar-refractivity contribution is 5.84. The van der Waals surface area contributed by atoms with Crippen molar-refractivity contribution < 1.29 is 19.1 Å². The van der Waals surface area contributed by atoms with Crippen LogP contribution in [0.1, 0.15) is 33.1 Å². The number of nitrogens with zero attached hydrogens (tertiary/aromatic N) is 1. The molecule has 0 saturated carbocycles. The molecule has 27 heavy (non-hydrogen) atoms. The lowest BCUT2D eigenvalue weighted by molar-refractivity contribution is -0.152. The number of benzene rings is 2.